The van der Waals surface area contributed by atoms with Crippen LogP contribution in [0.15, 0.2) is 90.1 Å². The number of pyridine rings is 1. The molecule has 37 heavy (non-hydrogen) atoms. The summed E-state index contributed by atoms with van der Waals surface area (Å²) in [7, 11) is -3.72. The van der Waals surface area contributed by atoms with Gasteiger partial charge >= 0.3 is 0 Å². The predicted octanol–water partition coefficient (Wildman–Crippen LogP) is 5.23. The molecule has 1 heterocycles. The second kappa shape index (κ2) is 12.7. The Hall–Kier alpha value is -3.36. The maximum absolute atomic E-state index is 13.1. The minimum atomic E-state index is -3.72. The van der Waals surface area contributed by atoms with Crippen molar-refractivity contribution in [3.05, 3.63) is 106 Å². The second-order valence-electron chi connectivity index (χ2n) is 8.08. The van der Waals surface area contributed by atoms with Gasteiger partial charge in [0.1, 0.15) is 0 Å². The van der Waals surface area contributed by atoms with Crippen LogP contribution in [0.4, 0.5) is 0 Å². The largest absolute Gasteiger partial charge is 0.280 e. The number of nitrogens with zero attached hydrogens (tertiary/aromatic N) is 2. The third-order valence-electron chi connectivity index (χ3n) is 5.41. The average Bonchev–Trinajstić information content (AvgIpc) is 2.90. The number of halogens is 2. The fraction of sp³-hybridized carbons (Fsp3) is 0.138. The first kappa shape index (κ1) is 26.7. The molecule has 0 atom stereocenters. The molecule has 0 bridgehead atoms. The van der Waals surface area contributed by atoms with Gasteiger partial charge in [-0.25, -0.2) is 13.1 Å². The summed E-state index contributed by atoms with van der Waals surface area (Å²) in [6.45, 7) is 1.46. The molecule has 0 amide bonds. The Morgan fingerprint density at radius 3 is 2.00 bits per heavy atom. The molecule has 5 nitrogen and oxygen atoms in total. The molecular weight excluding hydrogens is 525 g/mol. The van der Waals surface area contributed by atoms with Crippen LogP contribution >= 0.6 is 23.2 Å². The van der Waals surface area contributed by atoms with E-state index in [1.807, 2.05) is 35.2 Å². The highest BCUT2D eigenvalue weighted by Gasteiger charge is 2.17. The summed E-state index contributed by atoms with van der Waals surface area (Å²) in [5, 5.41) is 2.70. The van der Waals surface area contributed by atoms with Crippen molar-refractivity contribution < 1.29 is 8.42 Å². The Morgan fingerprint density at radius 1 is 0.811 bits per heavy atom. The van der Waals surface area contributed by atoms with E-state index in [0.717, 1.165) is 16.5 Å². The minimum Gasteiger partial charge on any atom is -0.280 e. The van der Waals surface area contributed by atoms with Crippen LogP contribution in [-0.4, -0.2) is 44.5 Å². The van der Waals surface area contributed by atoms with Crippen LogP contribution in [0.1, 0.15) is 11.1 Å². The summed E-state index contributed by atoms with van der Waals surface area (Å²) >= 11 is 11.9. The van der Waals surface area contributed by atoms with Gasteiger partial charge in [-0.1, -0.05) is 59.0 Å². The summed E-state index contributed by atoms with van der Waals surface area (Å²) < 4.78 is 28.8. The maximum atomic E-state index is 13.1. The highest BCUT2D eigenvalue weighted by molar-refractivity contribution is 7.89. The van der Waals surface area contributed by atoms with Crippen molar-refractivity contribution >= 4 is 44.0 Å². The van der Waals surface area contributed by atoms with Gasteiger partial charge in [0.2, 0.25) is 10.0 Å². The van der Waals surface area contributed by atoms with Crippen LogP contribution in [0.5, 0.6) is 0 Å². The Balaban J connectivity index is 1.44. The molecule has 0 fully saturated rings. The zero-order chi connectivity index (χ0) is 26.1. The molecule has 0 aliphatic heterocycles. The van der Waals surface area contributed by atoms with E-state index in [1.165, 1.54) is 0 Å². The van der Waals surface area contributed by atoms with E-state index in [-0.39, 0.29) is 11.4 Å². The molecule has 0 aliphatic rings. The highest BCUT2D eigenvalue weighted by atomic mass is 35.5. The molecule has 1 aromatic heterocycles. The highest BCUT2D eigenvalue weighted by Crippen LogP contribution is 2.21. The maximum Gasteiger partial charge on any atom is 0.241 e. The molecule has 0 radical (unpaired) electrons. The van der Waals surface area contributed by atoms with E-state index in [1.54, 1.807) is 54.9 Å². The molecule has 186 valence electrons. The predicted molar refractivity (Wildman–Crippen MR) is 150 cm³/mol. The fourth-order valence-electron chi connectivity index (χ4n) is 3.53. The molecule has 4 rings (SSSR count). The normalized spacial score (nSPS) is 11.0. The summed E-state index contributed by atoms with van der Waals surface area (Å²) in [5.74, 6) is 12.5. The lowest BCUT2D eigenvalue weighted by Crippen LogP contribution is -2.35. The number of hydrogen-bond acceptors (Lipinski definition) is 4. The van der Waals surface area contributed by atoms with E-state index in [4.69, 9.17) is 23.2 Å². The van der Waals surface area contributed by atoms with Crippen molar-refractivity contribution in [1.29, 1.82) is 0 Å². The Labute approximate surface area is 227 Å². The Bertz CT molecular complexity index is 1530. The summed E-state index contributed by atoms with van der Waals surface area (Å²) in [6, 6.07) is 21.4. The third kappa shape index (κ3) is 7.81. The molecule has 0 spiro atoms. The first-order valence-electron chi connectivity index (χ1n) is 11.4. The van der Waals surface area contributed by atoms with Crippen molar-refractivity contribution in [3.63, 3.8) is 0 Å². The van der Waals surface area contributed by atoms with Crippen molar-refractivity contribution in [2.24, 2.45) is 0 Å². The van der Waals surface area contributed by atoms with Gasteiger partial charge in [0, 0.05) is 57.4 Å². The number of hydrogen-bond donors (Lipinski definition) is 1. The first-order valence-corrected chi connectivity index (χ1v) is 13.7. The standard InChI is InChI=1S/C29H23Cl2N3O2S/c30-26-12-8-23(9-13-26)4-2-19-34(20-3-5-24-10-14-27(31)15-11-24)21-18-33-37(35,36)29-7-1-6-25-22-32-17-16-28(25)29/h1,6-17,22,33H,18-21H2. The minimum absolute atomic E-state index is 0.203. The molecule has 8 heteroatoms. The monoisotopic (exact) mass is 547 g/mol. The number of rotatable bonds is 7. The molecule has 3 aromatic carbocycles. The smallest absolute Gasteiger partial charge is 0.241 e. The summed E-state index contributed by atoms with van der Waals surface area (Å²) in [4.78, 5) is 6.28. The van der Waals surface area contributed by atoms with E-state index in [9.17, 15) is 8.42 Å². The second-order valence-corrected chi connectivity index (χ2v) is 10.7. The van der Waals surface area contributed by atoms with Crippen LogP contribution in [0, 0.1) is 23.7 Å². The number of fused-ring (bicyclic) bond motifs is 1. The quantitative estimate of drug-likeness (QED) is 0.322. The van der Waals surface area contributed by atoms with E-state index in [2.05, 4.69) is 33.4 Å². The van der Waals surface area contributed by atoms with Gasteiger partial charge in [-0.2, -0.15) is 0 Å². The molecule has 0 saturated heterocycles. The van der Waals surface area contributed by atoms with E-state index in [0.29, 0.717) is 35.1 Å². The van der Waals surface area contributed by atoms with Crippen molar-refractivity contribution in [2.75, 3.05) is 26.2 Å². The number of aromatic nitrogens is 1. The van der Waals surface area contributed by atoms with E-state index < -0.39 is 10.0 Å². The van der Waals surface area contributed by atoms with Crippen LogP contribution in [0.3, 0.4) is 0 Å². The number of benzene rings is 3. The Kier molecular flexibility index (Phi) is 9.19. The third-order valence-corrected chi connectivity index (χ3v) is 7.43. The molecule has 1 N–H and O–H groups in total. The van der Waals surface area contributed by atoms with Crippen LogP contribution in [-0.2, 0) is 10.0 Å². The molecule has 0 unspecified atom stereocenters. The molecule has 0 saturated carbocycles. The van der Waals surface area contributed by atoms with Gasteiger partial charge in [0.05, 0.1) is 18.0 Å². The molecule has 0 aliphatic carbocycles. The topological polar surface area (TPSA) is 62.3 Å². The van der Waals surface area contributed by atoms with Crippen molar-refractivity contribution in [3.8, 4) is 23.7 Å². The Morgan fingerprint density at radius 2 is 1.41 bits per heavy atom. The lowest BCUT2D eigenvalue weighted by molar-refractivity contribution is 0.350. The summed E-state index contributed by atoms with van der Waals surface area (Å²) in [6.07, 6.45) is 3.23. The first-order chi connectivity index (χ1) is 17.9. The van der Waals surface area contributed by atoms with Crippen LogP contribution < -0.4 is 4.72 Å². The zero-order valence-electron chi connectivity index (χ0n) is 19.8. The summed E-state index contributed by atoms with van der Waals surface area (Å²) in [5.41, 5.74) is 1.70. The number of nitrogens with one attached hydrogen (secondary N) is 1. The van der Waals surface area contributed by atoms with Gasteiger partial charge < -0.3 is 0 Å². The molecular formula is C29H23Cl2N3O2S. The van der Waals surface area contributed by atoms with Crippen LogP contribution in [0.25, 0.3) is 10.8 Å². The number of sulfonamides is 1. The van der Waals surface area contributed by atoms with Crippen molar-refractivity contribution in [2.45, 2.75) is 4.90 Å². The van der Waals surface area contributed by atoms with Gasteiger partial charge in [0.25, 0.3) is 0 Å². The molecule has 4 aromatic rings. The lowest BCUT2D eigenvalue weighted by atomic mass is 10.2. The lowest BCUT2D eigenvalue weighted by Gasteiger charge is -2.17. The van der Waals surface area contributed by atoms with Gasteiger partial charge in [-0.15, -0.1) is 0 Å². The van der Waals surface area contributed by atoms with E-state index >= 15 is 0 Å². The van der Waals surface area contributed by atoms with Gasteiger partial charge in [0.15, 0.2) is 0 Å². The van der Waals surface area contributed by atoms with Crippen LogP contribution in [0.2, 0.25) is 10.0 Å². The average molecular weight is 548 g/mol. The fourth-order valence-corrected chi connectivity index (χ4v) is 5.03. The van der Waals surface area contributed by atoms with Gasteiger partial charge in [-0.3, -0.25) is 9.88 Å². The van der Waals surface area contributed by atoms with Crippen molar-refractivity contribution in [1.82, 2.24) is 14.6 Å². The zero-order valence-corrected chi connectivity index (χ0v) is 22.1. The SMILES string of the molecule is O=S(=O)(NCCN(CC#Cc1ccc(Cl)cc1)CC#Cc1ccc(Cl)cc1)c1cccc2cnccc12. The van der Waals surface area contributed by atoms with Gasteiger partial charge in [-0.05, 0) is 60.7 Å².